The first-order valence-electron chi connectivity index (χ1n) is 16.6. The lowest BCUT2D eigenvalue weighted by Gasteiger charge is -2.27. The van der Waals surface area contributed by atoms with Crippen LogP contribution in [0.15, 0.2) is 185 Å². The Hall–Kier alpha value is -6.58. The molecule has 0 atom stereocenters. The molecule has 0 unspecified atom stereocenters. The van der Waals surface area contributed by atoms with Gasteiger partial charge in [0.2, 0.25) is 0 Å². The Morgan fingerprint density at radius 1 is 0.347 bits per heavy atom. The van der Waals surface area contributed by atoms with Gasteiger partial charge in [-0.05, 0) is 76.7 Å². The van der Waals surface area contributed by atoms with Crippen LogP contribution in [-0.4, -0.2) is 0 Å². The molecular weight excluding hydrogens is 599 g/mol. The van der Waals surface area contributed by atoms with Crippen LogP contribution < -0.4 is 4.90 Å². The number of fused-ring (bicyclic) bond motifs is 8. The molecule has 230 valence electrons. The molecule has 0 aliphatic heterocycles. The highest BCUT2D eigenvalue weighted by Crippen LogP contribution is 2.44. The van der Waals surface area contributed by atoms with Crippen molar-refractivity contribution in [1.29, 1.82) is 0 Å². The molecule has 2 heterocycles. The molecule has 0 amide bonds. The van der Waals surface area contributed by atoms with E-state index in [1.54, 1.807) is 0 Å². The lowest BCUT2D eigenvalue weighted by Crippen LogP contribution is -2.10. The summed E-state index contributed by atoms with van der Waals surface area (Å²) in [6, 6.07) is 62.0. The van der Waals surface area contributed by atoms with Gasteiger partial charge >= 0.3 is 0 Å². The molecule has 0 N–H and O–H groups in total. The van der Waals surface area contributed by atoms with Gasteiger partial charge in [-0.3, -0.25) is 0 Å². The Kier molecular flexibility index (Phi) is 6.18. The van der Waals surface area contributed by atoms with E-state index in [4.69, 9.17) is 8.83 Å². The van der Waals surface area contributed by atoms with Gasteiger partial charge < -0.3 is 13.7 Å². The molecule has 0 spiro atoms. The van der Waals surface area contributed by atoms with Gasteiger partial charge in [-0.25, -0.2) is 0 Å². The van der Waals surface area contributed by atoms with Crippen molar-refractivity contribution >= 4 is 71.7 Å². The number of rotatable bonds is 5. The Bertz CT molecular complexity index is 2830. The minimum atomic E-state index is 0.896. The van der Waals surface area contributed by atoms with Crippen LogP contribution in [0.2, 0.25) is 0 Å². The molecular formula is C46H29NO2. The molecule has 0 aliphatic rings. The average Bonchev–Trinajstić information content (AvgIpc) is 3.75. The van der Waals surface area contributed by atoms with Gasteiger partial charge in [0.25, 0.3) is 0 Å². The zero-order chi connectivity index (χ0) is 32.3. The van der Waals surface area contributed by atoms with Crippen molar-refractivity contribution in [3.63, 3.8) is 0 Å². The third kappa shape index (κ3) is 4.44. The van der Waals surface area contributed by atoms with E-state index in [0.29, 0.717) is 0 Å². The molecule has 10 rings (SSSR count). The summed E-state index contributed by atoms with van der Waals surface area (Å²) in [5.74, 6) is 0. The third-order valence-electron chi connectivity index (χ3n) is 9.67. The highest BCUT2D eigenvalue weighted by molar-refractivity contribution is 6.21. The fourth-order valence-corrected chi connectivity index (χ4v) is 7.41. The minimum absolute atomic E-state index is 0.896. The second-order valence-electron chi connectivity index (χ2n) is 12.5. The van der Waals surface area contributed by atoms with E-state index in [1.165, 1.54) is 11.1 Å². The van der Waals surface area contributed by atoms with Gasteiger partial charge in [0.1, 0.15) is 22.3 Å². The SMILES string of the molecule is c1ccc(-c2cccc(N(c3ccc(-c4cccc5c4oc4ccccc45)cc3)c3cccc4c3ccc3oc5ccccc5c34)c2)cc1. The van der Waals surface area contributed by atoms with Crippen molar-refractivity contribution in [3.05, 3.63) is 176 Å². The van der Waals surface area contributed by atoms with Crippen molar-refractivity contribution in [3.8, 4) is 22.3 Å². The van der Waals surface area contributed by atoms with Crippen molar-refractivity contribution in [2.45, 2.75) is 0 Å². The first-order valence-corrected chi connectivity index (χ1v) is 16.6. The van der Waals surface area contributed by atoms with Gasteiger partial charge in [-0.1, -0.05) is 121 Å². The second kappa shape index (κ2) is 11.0. The van der Waals surface area contributed by atoms with Gasteiger partial charge in [-0.2, -0.15) is 0 Å². The van der Waals surface area contributed by atoms with E-state index in [2.05, 4.69) is 157 Å². The maximum absolute atomic E-state index is 6.40. The number of furan rings is 2. The van der Waals surface area contributed by atoms with Crippen LogP contribution in [-0.2, 0) is 0 Å². The van der Waals surface area contributed by atoms with Crippen LogP contribution in [0.25, 0.3) is 76.9 Å². The van der Waals surface area contributed by atoms with E-state index in [0.717, 1.165) is 82.8 Å². The summed E-state index contributed by atoms with van der Waals surface area (Å²) in [7, 11) is 0. The summed E-state index contributed by atoms with van der Waals surface area (Å²) < 4.78 is 12.7. The number of benzene rings is 8. The third-order valence-corrected chi connectivity index (χ3v) is 9.67. The van der Waals surface area contributed by atoms with Gasteiger partial charge in [-0.15, -0.1) is 0 Å². The molecule has 0 aliphatic carbocycles. The lowest BCUT2D eigenvalue weighted by molar-refractivity contribution is 0.669. The van der Waals surface area contributed by atoms with Crippen molar-refractivity contribution in [2.24, 2.45) is 0 Å². The Labute approximate surface area is 282 Å². The first kappa shape index (κ1) is 27.5. The van der Waals surface area contributed by atoms with Crippen molar-refractivity contribution in [1.82, 2.24) is 0 Å². The predicted molar refractivity (Wildman–Crippen MR) is 204 cm³/mol. The van der Waals surface area contributed by atoms with Gasteiger partial charge in [0.15, 0.2) is 0 Å². The molecule has 2 aromatic heterocycles. The van der Waals surface area contributed by atoms with Crippen molar-refractivity contribution < 1.29 is 8.83 Å². The molecule has 10 aromatic rings. The predicted octanol–water partition coefficient (Wildman–Crippen LogP) is 13.4. The van der Waals surface area contributed by atoms with E-state index in [-0.39, 0.29) is 0 Å². The second-order valence-corrected chi connectivity index (χ2v) is 12.5. The number of para-hydroxylation sites is 3. The number of hydrogen-bond donors (Lipinski definition) is 0. The largest absolute Gasteiger partial charge is 0.456 e. The molecule has 0 fully saturated rings. The van der Waals surface area contributed by atoms with E-state index >= 15 is 0 Å². The highest BCUT2D eigenvalue weighted by Gasteiger charge is 2.19. The Morgan fingerprint density at radius 2 is 1.02 bits per heavy atom. The zero-order valence-electron chi connectivity index (χ0n) is 26.5. The van der Waals surface area contributed by atoms with Crippen LogP contribution in [0.5, 0.6) is 0 Å². The van der Waals surface area contributed by atoms with Crippen LogP contribution in [0.3, 0.4) is 0 Å². The quantitative estimate of drug-likeness (QED) is 0.190. The highest BCUT2D eigenvalue weighted by atomic mass is 16.3. The molecule has 0 saturated heterocycles. The lowest BCUT2D eigenvalue weighted by atomic mass is 9.99. The van der Waals surface area contributed by atoms with Crippen molar-refractivity contribution in [2.75, 3.05) is 4.90 Å². The Morgan fingerprint density at radius 3 is 1.88 bits per heavy atom. The zero-order valence-corrected chi connectivity index (χ0v) is 26.5. The van der Waals surface area contributed by atoms with Gasteiger partial charge in [0, 0.05) is 43.9 Å². The molecule has 0 saturated carbocycles. The summed E-state index contributed by atoms with van der Waals surface area (Å²) in [6.45, 7) is 0. The molecule has 49 heavy (non-hydrogen) atoms. The monoisotopic (exact) mass is 627 g/mol. The van der Waals surface area contributed by atoms with Gasteiger partial charge in [0.05, 0.1) is 5.69 Å². The van der Waals surface area contributed by atoms with Crippen LogP contribution in [0.1, 0.15) is 0 Å². The summed E-state index contributed by atoms with van der Waals surface area (Å²) in [6.07, 6.45) is 0. The first-order chi connectivity index (χ1) is 24.3. The normalized spacial score (nSPS) is 11.7. The molecule has 0 bridgehead atoms. The fraction of sp³-hybridized carbons (Fsp3) is 0. The maximum Gasteiger partial charge on any atom is 0.143 e. The summed E-state index contributed by atoms with van der Waals surface area (Å²) in [5.41, 5.74) is 11.4. The molecule has 3 nitrogen and oxygen atoms in total. The summed E-state index contributed by atoms with van der Waals surface area (Å²) in [5, 5.41) is 6.85. The smallest absolute Gasteiger partial charge is 0.143 e. The molecule has 8 aromatic carbocycles. The molecule has 0 radical (unpaired) electrons. The average molecular weight is 628 g/mol. The van der Waals surface area contributed by atoms with E-state index in [1.807, 2.05) is 24.3 Å². The minimum Gasteiger partial charge on any atom is -0.456 e. The van der Waals surface area contributed by atoms with E-state index in [9.17, 15) is 0 Å². The fourth-order valence-electron chi connectivity index (χ4n) is 7.41. The molecule has 3 heteroatoms. The standard InChI is InChI=1S/C46H29NO2/c1-2-11-30(12-3-1)32-13-8-14-34(29-32)47(41-20-10-18-38-36(41)27-28-44-45(38)40-16-5-7-22-43(40)48-44)33-25-23-31(24-26-33)35-17-9-19-39-37-15-4-6-21-42(37)49-46(35)39/h1-29H. The number of nitrogens with zero attached hydrogens (tertiary/aromatic N) is 1. The summed E-state index contributed by atoms with van der Waals surface area (Å²) >= 11 is 0. The Balaban J connectivity index is 1.17. The maximum atomic E-state index is 6.40. The number of anilines is 3. The van der Waals surface area contributed by atoms with Crippen LogP contribution in [0.4, 0.5) is 17.1 Å². The topological polar surface area (TPSA) is 29.5 Å². The van der Waals surface area contributed by atoms with Crippen LogP contribution in [0, 0.1) is 0 Å². The van der Waals surface area contributed by atoms with Crippen LogP contribution >= 0.6 is 0 Å². The number of hydrogen-bond acceptors (Lipinski definition) is 3. The van der Waals surface area contributed by atoms with E-state index < -0.39 is 0 Å². The summed E-state index contributed by atoms with van der Waals surface area (Å²) in [4.78, 5) is 2.37.